The fourth-order valence-electron chi connectivity index (χ4n) is 3.21. The lowest BCUT2D eigenvalue weighted by Crippen LogP contribution is -2.57. The van der Waals surface area contributed by atoms with Crippen molar-refractivity contribution in [2.24, 2.45) is 0 Å². The van der Waals surface area contributed by atoms with Gasteiger partial charge in [-0.25, -0.2) is 9.59 Å². The highest BCUT2D eigenvalue weighted by molar-refractivity contribution is 5.97. The van der Waals surface area contributed by atoms with E-state index in [1.54, 1.807) is 23.1 Å². The zero-order valence-corrected chi connectivity index (χ0v) is 13.5. The van der Waals surface area contributed by atoms with Crippen molar-refractivity contribution >= 4 is 23.8 Å². The van der Waals surface area contributed by atoms with E-state index in [1.807, 2.05) is 6.07 Å². The van der Waals surface area contributed by atoms with Crippen LogP contribution in [-0.2, 0) is 4.79 Å². The zero-order valence-electron chi connectivity index (χ0n) is 13.5. The molecule has 9 heteroatoms. The molecular weight excluding hydrogens is 330 g/mol. The van der Waals surface area contributed by atoms with Crippen LogP contribution < -0.4 is 9.64 Å². The van der Waals surface area contributed by atoms with Gasteiger partial charge in [-0.3, -0.25) is 4.79 Å². The SMILES string of the molecule is O=C(O)N1CCN(C(=O)O)[C@H](CCN2C(=O)COc3ccccc32)C1. The van der Waals surface area contributed by atoms with Crippen molar-refractivity contribution in [3.8, 4) is 5.75 Å². The van der Waals surface area contributed by atoms with Gasteiger partial charge in [0.15, 0.2) is 6.61 Å². The minimum absolute atomic E-state index is 0.0639. The molecule has 0 aromatic heterocycles. The van der Waals surface area contributed by atoms with Crippen molar-refractivity contribution in [3.63, 3.8) is 0 Å². The highest BCUT2D eigenvalue weighted by Gasteiger charge is 2.34. The maximum absolute atomic E-state index is 12.2. The number of nitrogens with zero attached hydrogens (tertiary/aromatic N) is 3. The van der Waals surface area contributed by atoms with Crippen molar-refractivity contribution in [2.75, 3.05) is 37.7 Å². The molecule has 2 heterocycles. The molecule has 0 bridgehead atoms. The number of ether oxygens (including phenoxy) is 1. The van der Waals surface area contributed by atoms with Crippen LogP contribution in [0.5, 0.6) is 5.75 Å². The Morgan fingerprint density at radius 2 is 1.92 bits per heavy atom. The van der Waals surface area contributed by atoms with Gasteiger partial charge in [0, 0.05) is 26.2 Å². The van der Waals surface area contributed by atoms with Crippen molar-refractivity contribution in [2.45, 2.75) is 12.5 Å². The number of carboxylic acid groups (broad SMARTS) is 2. The predicted octanol–water partition coefficient (Wildman–Crippen LogP) is 1.14. The number of rotatable bonds is 3. The smallest absolute Gasteiger partial charge is 0.407 e. The Labute approximate surface area is 144 Å². The van der Waals surface area contributed by atoms with Gasteiger partial charge in [-0.1, -0.05) is 12.1 Å². The first-order valence-electron chi connectivity index (χ1n) is 7.97. The molecule has 0 radical (unpaired) electrons. The summed E-state index contributed by atoms with van der Waals surface area (Å²) in [5.74, 6) is 0.402. The molecule has 3 rings (SSSR count). The molecule has 134 valence electrons. The highest BCUT2D eigenvalue weighted by atomic mass is 16.5. The van der Waals surface area contributed by atoms with Crippen molar-refractivity contribution < 1.29 is 29.3 Å². The van der Waals surface area contributed by atoms with Gasteiger partial charge in [-0.15, -0.1) is 0 Å². The van der Waals surface area contributed by atoms with Gasteiger partial charge in [0.05, 0.1) is 11.7 Å². The van der Waals surface area contributed by atoms with Gasteiger partial charge in [0.1, 0.15) is 5.75 Å². The molecule has 0 aliphatic carbocycles. The van der Waals surface area contributed by atoms with E-state index >= 15 is 0 Å². The van der Waals surface area contributed by atoms with Crippen LogP contribution >= 0.6 is 0 Å². The van der Waals surface area contributed by atoms with E-state index in [0.29, 0.717) is 24.4 Å². The molecule has 1 aromatic carbocycles. The Hall–Kier alpha value is -2.97. The molecule has 25 heavy (non-hydrogen) atoms. The average molecular weight is 349 g/mol. The summed E-state index contributed by atoms with van der Waals surface area (Å²) in [5, 5.41) is 18.5. The minimum atomic E-state index is -1.08. The minimum Gasteiger partial charge on any atom is -0.482 e. The summed E-state index contributed by atoms with van der Waals surface area (Å²) in [5.41, 5.74) is 0.645. The summed E-state index contributed by atoms with van der Waals surface area (Å²) in [6, 6.07) is 6.65. The van der Waals surface area contributed by atoms with Crippen LogP contribution in [0.15, 0.2) is 24.3 Å². The summed E-state index contributed by atoms with van der Waals surface area (Å²) in [4.78, 5) is 38.8. The number of benzene rings is 1. The van der Waals surface area contributed by atoms with E-state index in [-0.39, 0.29) is 32.1 Å². The van der Waals surface area contributed by atoms with Crippen LogP contribution in [0.25, 0.3) is 0 Å². The Morgan fingerprint density at radius 1 is 1.16 bits per heavy atom. The van der Waals surface area contributed by atoms with Crippen molar-refractivity contribution in [3.05, 3.63) is 24.3 Å². The monoisotopic (exact) mass is 349 g/mol. The molecule has 1 atom stereocenters. The predicted molar refractivity (Wildman–Crippen MR) is 87.0 cm³/mol. The third-order valence-corrected chi connectivity index (χ3v) is 4.49. The maximum Gasteiger partial charge on any atom is 0.407 e. The van der Waals surface area contributed by atoms with Crippen LogP contribution in [0.2, 0.25) is 0 Å². The largest absolute Gasteiger partial charge is 0.482 e. The first-order valence-corrected chi connectivity index (χ1v) is 7.97. The van der Waals surface area contributed by atoms with Gasteiger partial charge in [-0.2, -0.15) is 0 Å². The molecule has 0 saturated carbocycles. The van der Waals surface area contributed by atoms with Crippen LogP contribution in [0.1, 0.15) is 6.42 Å². The second kappa shape index (κ2) is 6.88. The third kappa shape index (κ3) is 3.44. The van der Waals surface area contributed by atoms with E-state index in [4.69, 9.17) is 9.84 Å². The summed E-state index contributed by atoms with van der Waals surface area (Å²) in [6.07, 6.45) is -1.80. The molecule has 1 saturated heterocycles. The average Bonchev–Trinajstić information content (AvgIpc) is 2.60. The number of anilines is 1. The molecule has 3 amide bonds. The van der Waals surface area contributed by atoms with Gasteiger partial charge in [0.2, 0.25) is 0 Å². The van der Waals surface area contributed by atoms with Crippen molar-refractivity contribution in [1.82, 2.24) is 9.80 Å². The zero-order chi connectivity index (χ0) is 18.0. The van der Waals surface area contributed by atoms with Crippen LogP contribution in [-0.4, -0.2) is 76.9 Å². The van der Waals surface area contributed by atoms with Gasteiger partial charge in [0.25, 0.3) is 5.91 Å². The fourth-order valence-corrected chi connectivity index (χ4v) is 3.21. The van der Waals surface area contributed by atoms with Gasteiger partial charge >= 0.3 is 12.2 Å². The number of hydrogen-bond donors (Lipinski definition) is 2. The molecule has 1 aromatic rings. The molecule has 2 aliphatic rings. The number of amides is 3. The summed E-state index contributed by atoms with van der Waals surface area (Å²) >= 11 is 0. The van der Waals surface area contributed by atoms with E-state index in [1.165, 1.54) is 9.80 Å². The first kappa shape index (κ1) is 16.9. The van der Waals surface area contributed by atoms with E-state index < -0.39 is 18.2 Å². The third-order valence-electron chi connectivity index (χ3n) is 4.49. The van der Waals surface area contributed by atoms with Crippen LogP contribution in [0.3, 0.4) is 0 Å². The van der Waals surface area contributed by atoms with Gasteiger partial charge < -0.3 is 29.6 Å². The number of piperazine rings is 1. The van der Waals surface area contributed by atoms with E-state index in [9.17, 15) is 19.5 Å². The first-order chi connectivity index (χ1) is 12.0. The number of fused-ring (bicyclic) bond motifs is 1. The fraction of sp³-hybridized carbons (Fsp3) is 0.438. The molecule has 2 aliphatic heterocycles. The molecule has 0 spiro atoms. The Balaban J connectivity index is 1.73. The maximum atomic E-state index is 12.2. The second-order valence-electron chi connectivity index (χ2n) is 5.95. The molecule has 1 fully saturated rings. The molecule has 9 nitrogen and oxygen atoms in total. The summed E-state index contributed by atoms with van der Waals surface area (Å²) in [7, 11) is 0. The standard InChI is InChI=1S/C16H19N3O6/c20-14-10-25-13-4-2-1-3-12(13)19(14)6-5-11-9-17(15(21)22)7-8-18(11)16(23)24/h1-4,11H,5-10H2,(H,21,22)(H,23,24)/t11-/m1/s1. The summed E-state index contributed by atoms with van der Waals surface area (Å²) < 4.78 is 5.38. The van der Waals surface area contributed by atoms with Crippen molar-refractivity contribution in [1.29, 1.82) is 0 Å². The van der Waals surface area contributed by atoms with Crippen LogP contribution in [0.4, 0.5) is 15.3 Å². The Bertz CT molecular complexity index is 694. The normalized spacial score (nSPS) is 20.1. The molecule has 2 N–H and O–H groups in total. The van der Waals surface area contributed by atoms with E-state index in [0.717, 1.165) is 0 Å². The number of hydrogen-bond acceptors (Lipinski definition) is 4. The van der Waals surface area contributed by atoms with Gasteiger partial charge in [-0.05, 0) is 18.6 Å². The number of carbonyl (C=O) groups is 3. The molecule has 0 unspecified atom stereocenters. The Kier molecular flexibility index (Phi) is 4.64. The Morgan fingerprint density at radius 3 is 2.64 bits per heavy atom. The topological polar surface area (TPSA) is 111 Å². The van der Waals surface area contributed by atoms with Crippen LogP contribution in [0, 0.1) is 0 Å². The quantitative estimate of drug-likeness (QED) is 0.847. The lowest BCUT2D eigenvalue weighted by atomic mass is 10.1. The highest BCUT2D eigenvalue weighted by Crippen LogP contribution is 2.31. The second-order valence-corrected chi connectivity index (χ2v) is 5.95. The summed E-state index contributed by atoms with van der Waals surface area (Å²) in [6.45, 7) is 0.603. The number of carbonyl (C=O) groups excluding carboxylic acids is 1. The lowest BCUT2D eigenvalue weighted by molar-refractivity contribution is -0.121. The van der Waals surface area contributed by atoms with E-state index in [2.05, 4.69) is 0 Å². The lowest BCUT2D eigenvalue weighted by Gasteiger charge is -2.40. The molecular formula is C16H19N3O6. The number of para-hydroxylation sites is 2.